The van der Waals surface area contributed by atoms with Gasteiger partial charge in [0.1, 0.15) is 0 Å². The second-order valence-electron chi connectivity index (χ2n) is 4.42. The Balaban J connectivity index is 2.25. The van der Waals surface area contributed by atoms with Gasteiger partial charge in [0.25, 0.3) is 0 Å². The SMILES string of the molecule is COC[C@H](C)NC(=O)CCNc1ccccc1C. The summed E-state index contributed by atoms with van der Waals surface area (Å²) in [5.41, 5.74) is 2.26. The van der Waals surface area contributed by atoms with Crippen molar-refractivity contribution in [1.82, 2.24) is 5.32 Å². The summed E-state index contributed by atoms with van der Waals surface area (Å²) in [6, 6.07) is 8.10. The minimum atomic E-state index is 0.0423. The third kappa shape index (κ3) is 5.19. The highest BCUT2D eigenvalue weighted by Crippen LogP contribution is 2.12. The van der Waals surface area contributed by atoms with Crippen LogP contribution >= 0.6 is 0 Å². The molecule has 1 aromatic carbocycles. The number of amides is 1. The molecule has 100 valence electrons. The van der Waals surface area contributed by atoms with Crippen LogP contribution in [0.3, 0.4) is 0 Å². The maximum absolute atomic E-state index is 11.6. The molecular weight excluding hydrogens is 228 g/mol. The molecule has 0 aliphatic carbocycles. The van der Waals surface area contributed by atoms with E-state index in [9.17, 15) is 4.79 Å². The van der Waals surface area contributed by atoms with Gasteiger partial charge in [-0.3, -0.25) is 4.79 Å². The summed E-state index contributed by atoms with van der Waals surface area (Å²) in [7, 11) is 1.63. The first-order chi connectivity index (χ1) is 8.63. The largest absolute Gasteiger partial charge is 0.384 e. The van der Waals surface area contributed by atoms with E-state index in [1.807, 2.05) is 38.1 Å². The molecule has 0 aliphatic heterocycles. The van der Waals surface area contributed by atoms with Crippen LogP contribution in [0.1, 0.15) is 18.9 Å². The van der Waals surface area contributed by atoms with E-state index < -0.39 is 0 Å². The highest BCUT2D eigenvalue weighted by atomic mass is 16.5. The summed E-state index contributed by atoms with van der Waals surface area (Å²) < 4.78 is 4.96. The monoisotopic (exact) mass is 250 g/mol. The van der Waals surface area contributed by atoms with Gasteiger partial charge in [-0.2, -0.15) is 0 Å². The van der Waals surface area contributed by atoms with Crippen LogP contribution in [0.5, 0.6) is 0 Å². The molecule has 0 aliphatic rings. The Morgan fingerprint density at radius 1 is 1.39 bits per heavy atom. The van der Waals surface area contributed by atoms with Crippen LogP contribution in [0.15, 0.2) is 24.3 Å². The number of hydrogen-bond acceptors (Lipinski definition) is 3. The molecule has 2 N–H and O–H groups in total. The Morgan fingerprint density at radius 3 is 2.78 bits per heavy atom. The van der Waals surface area contributed by atoms with Crippen molar-refractivity contribution < 1.29 is 9.53 Å². The molecule has 1 amide bonds. The third-order valence-electron chi connectivity index (χ3n) is 2.64. The molecule has 0 heterocycles. The summed E-state index contributed by atoms with van der Waals surface area (Å²) in [6.45, 7) is 5.15. The molecule has 0 fully saturated rings. The Morgan fingerprint density at radius 2 is 2.11 bits per heavy atom. The predicted octanol–water partition coefficient (Wildman–Crippen LogP) is 1.95. The summed E-state index contributed by atoms with van der Waals surface area (Å²) in [6.07, 6.45) is 0.461. The Kier molecular flexibility index (Phi) is 6.22. The van der Waals surface area contributed by atoms with E-state index in [2.05, 4.69) is 10.6 Å². The molecule has 0 aromatic heterocycles. The number of para-hydroxylation sites is 1. The van der Waals surface area contributed by atoms with Crippen molar-refractivity contribution in [2.75, 3.05) is 25.6 Å². The smallest absolute Gasteiger partial charge is 0.222 e. The zero-order valence-electron chi connectivity index (χ0n) is 11.3. The number of rotatable bonds is 7. The lowest BCUT2D eigenvalue weighted by Crippen LogP contribution is -2.36. The fraction of sp³-hybridized carbons (Fsp3) is 0.500. The van der Waals surface area contributed by atoms with Crippen LogP contribution < -0.4 is 10.6 Å². The first kappa shape index (κ1) is 14.5. The van der Waals surface area contributed by atoms with Crippen molar-refractivity contribution in [3.63, 3.8) is 0 Å². The van der Waals surface area contributed by atoms with E-state index in [4.69, 9.17) is 4.74 Å². The molecule has 0 unspecified atom stereocenters. The highest BCUT2D eigenvalue weighted by molar-refractivity contribution is 5.76. The van der Waals surface area contributed by atoms with Gasteiger partial charge in [-0.05, 0) is 25.5 Å². The number of methoxy groups -OCH3 is 1. The molecule has 0 radical (unpaired) electrons. The molecular formula is C14H22N2O2. The minimum Gasteiger partial charge on any atom is -0.384 e. The van der Waals surface area contributed by atoms with Gasteiger partial charge in [-0.25, -0.2) is 0 Å². The van der Waals surface area contributed by atoms with Gasteiger partial charge in [0.15, 0.2) is 0 Å². The Hall–Kier alpha value is -1.55. The molecule has 1 atom stereocenters. The van der Waals surface area contributed by atoms with E-state index in [1.54, 1.807) is 7.11 Å². The van der Waals surface area contributed by atoms with E-state index in [0.29, 0.717) is 19.6 Å². The number of carbonyl (C=O) groups is 1. The molecule has 0 bridgehead atoms. The molecule has 0 saturated heterocycles. The van der Waals surface area contributed by atoms with Crippen molar-refractivity contribution in [3.8, 4) is 0 Å². The zero-order valence-corrected chi connectivity index (χ0v) is 11.3. The van der Waals surface area contributed by atoms with Gasteiger partial charge in [0, 0.05) is 31.8 Å². The van der Waals surface area contributed by atoms with Gasteiger partial charge in [0.2, 0.25) is 5.91 Å². The number of nitrogens with one attached hydrogen (secondary N) is 2. The fourth-order valence-corrected chi connectivity index (χ4v) is 1.72. The van der Waals surface area contributed by atoms with E-state index in [0.717, 1.165) is 5.69 Å². The van der Waals surface area contributed by atoms with Gasteiger partial charge < -0.3 is 15.4 Å². The molecule has 0 saturated carbocycles. The van der Waals surface area contributed by atoms with E-state index >= 15 is 0 Å². The van der Waals surface area contributed by atoms with Crippen LogP contribution in [-0.4, -0.2) is 32.2 Å². The maximum Gasteiger partial charge on any atom is 0.222 e. The summed E-state index contributed by atoms with van der Waals surface area (Å²) in [4.78, 5) is 11.6. The lowest BCUT2D eigenvalue weighted by Gasteiger charge is -2.13. The van der Waals surface area contributed by atoms with Gasteiger partial charge >= 0.3 is 0 Å². The number of anilines is 1. The molecule has 0 spiro atoms. The number of benzene rings is 1. The maximum atomic E-state index is 11.6. The van der Waals surface area contributed by atoms with Gasteiger partial charge in [-0.15, -0.1) is 0 Å². The van der Waals surface area contributed by atoms with E-state index in [1.165, 1.54) is 5.56 Å². The normalized spacial score (nSPS) is 11.9. The Labute approximate surface area is 109 Å². The van der Waals surface area contributed by atoms with Crippen molar-refractivity contribution in [3.05, 3.63) is 29.8 Å². The number of carbonyl (C=O) groups excluding carboxylic acids is 1. The Bertz CT molecular complexity index is 380. The van der Waals surface area contributed by atoms with Crippen LogP contribution in [0.2, 0.25) is 0 Å². The minimum absolute atomic E-state index is 0.0423. The van der Waals surface area contributed by atoms with Crippen molar-refractivity contribution in [2.24, 2.45) is 0 Å². The second-order valence-corrected chi connectivity index (χ2v) is 4.42. The molecule has 18 heavy (non-hydrogen) atoms. The van der Waals surface area contributed by atoms with Crippen molar-refractivity contribution in [1.29, 1.82) is 0 Å². The first-order valence-corrected chi connectivity index (χ1v) is 6.21. The standard InChI is InChI=1S/C14H22N2O2/c1-11-6-4-5-7-13(11)15-9-8-14(17)16-12(2)10-18-3/h4-7,12,15H,8-10H2,1-3H3,(H,16,17)/t12-/m0/s1. The highest BCUT2D eigenvalue weighted by Gasteiger charge is 2.06. The second kappa shape index (κ2) is 7.71. The molecule has 1 rings (SSSR count). The first-order valence-electron chi connectivity index (χ1n) is 6.21. The van der Waals surface area contributed by atoms with Gasteiger partial charge in [0.05, 0.1) is 6.61 Å². The zero-order chi connectivity index (χ0) is 13.4. The van der Waals surface area contributed by atoms with Gasteiger partial charge in [-0.1, -0.05) is 18.2 Å². The van der Waals surface area contributed by atoms with Crippen molar-refractivity contribution >= 4 is 11.6 Å². The predicted molar refractivity (Wildman–Crippen MR) is 73.8 cm³/mol. The third-order valence-corrected chi connectivity index (χ3v) is 2.64. The number of ether oxygens (including phenoxy) is 1. The van der Waals surface area contributed by atoms with Crippen LogP contribution in [0.25, 0.3) is 0 Å². The summed E-state index contributed by atoms with van der Waals surface area (Å²) in [5, 5.41) is 6.13. The summed E-state index contributed by atoms with van der Waals surface area (Å²) in [5.74, 6) is 0.0423. The molecule has 4 nitrogen and oxygen atoms in total. The van der Waals surface area contributed by atoms with Crippen LogP contribution in [0.4, 0.5) is 5.69 Å². The topological polar surface area (TPSA) is 50.4 Å². The number of hydrogen-bond donors (Lipinski definition) is 2. The summed E-state index contributed by atoms with van der Waals surface area (Å²) >= 11 is 0. The number of aryl methyl sites for hydroxylation is 1. The quantitative estimate of drug-likeness (QED) is 0.777. The van der Waals surface area contributed by atoms with Crippen LogP contribution in [0, 0.1) is 6.92 Å². The lowest BCUT2D eigenvalue weighted by molar-refractivity contribution is -0.121. The lowest BCUT2D eigenvalue weighted by atomic mass is 10.2. The molecule has 4 heteroatoms. The van der Waals surface area contributed by atoms with Crippen LogP contribution in [-0.2, 0) is 9.53 Å². The fourth-order valence-electron chi connectivity index (χ4n) is 1.72. The average molecular weight is 250 g/mol. The van der Waals surface area contributed by atoms with Crippen molar-refractivity contribution in [2.45, 2.75) is 26.3 Å². The molecule has 1 aromatic rings. The average Bonchev–Trinajstić information content (AvgIpc) is 2.31. The van der Waals surface area contributed by atoms with E-state index in [-0.39, 0.29) is 11.9 Å².